The van der Waals surface area contributed by atoms with Crippen molar-refractivity contribution in [1.82, 2.24) is 19.1 Å². The highest BCUT2D eigenvalue weighted by atomic mass is 32.2. The molecule has 0 saturated carbocycles. The van der Waals surface area contributed by atoms with E-state index in [-0.39, 0.29) is 11.4 Å². The van der Waals surface area contributed by atoms with Crippen molar-refractivity contribution in [2.45, 2.75) is 62.4 Å². The zero-order valence-corrected chi connectivity index (χ0v) is 16.4. The fourth-order valence-electron chi connectivity index (χ4n) is 4.00. The Morgan fingerprint density at radius 3 is 2.66 bits per heavy atom. The molecule has 158 valence electrons. The van der Waals surface area contributed by atoms with Crippen LogP contribution in [0.15, 0.2) is 29.2 Å². The quantitative estimate of drug-likeness (QED) is 0.743. The molecule has 1 aromatic carbocycles. The molecule has 7 nitrogen and oxygen atoms in total. The lowest BCUT2D eigenvalue weighted by Gasteiger charge is -2.34. The molecule has 11 heteroatoms. The molecule has 3 heterocycles. The molecule has 0 bridgehead atoms. The minimum atomic E-state index is -4.89. The molecular formula is C18H21F3N4O3S. The topological polar surface area (TPSA) is 77.3 Å². The van der Waals surface area contributed by atoms with Gasteiger partial charge >= 0.3 is 6.36 Å². The average Bonchev–Trinajstić information content (AvgIpc) is 3.11. The minimum Gasteiger partial charge on any atom is -0.406 e. The molecule has 0 radical (unpaired) electrons. The van der Waals surface area contributed by atoms with E-state index < -0.39 is 28.2 Å². The van der Waals surface area contributed by atoms with E-state index in [0.29, 0.717) is 18.7 Å². The van der Waals surface area contributed by atoms with Crippen molar-refractivity contribution < 1.29 is 26.3 Å². The number of hydrogen-bond donors (Lipinski definition) is 0. The maximum absolute atomic E-state index is 13.3. The Hall–Kier alpha value is -2.14. The van der Waals surface area contributed by atoms with E-state index in [4.69, 9.17) is 0 Å². The second-order valence-electron chi connectivity index (χ2n) is 7.23. The number of hydrogen-bond acceptors (Lipinski definition) is 5. The van der Waals surface area contributed by atoms with E-state index in [1.807, 2.05) is 4.57 Å². The number of sulfonamides is 1. The summed E-state index contributed by atoms with van der Waals surface area (Å²) < 4.78 is 71.4. The van der Waals surface area contributed by atoms with Gasteiger partial charge in [-0.25, -0.2) is 8.42 Å². The molecular weight excluding hydrogens is 409 g/mol. The van der Waals surface area contributed by atoms with Crippen LogP contribution in [0, 0.1) is 0 Å². The summed E-state index contributed by atoms with van der Waals surface area (Å²) in [5.41, 5.74) is 0. The van der Waals surface area contributed by atoms with Gasteiger partial charge in [-0.15, -0.1) is 23.4 Å². The third-order valence-corrected chi connectivity index (χ3v) is 7.19. The van der Waals surface area contributed by atoms with Crippen molar-refractivity contribution in [2.24, 2.45) is 0 Å². The molecule has 1 aromatic heterocycles. The van der Waals surface area contributed by atoms with Gasteiger partial charge in [0.15, 0.2) is 5.82 Å². The van der Waals surface area contributed by atoms with Crippen LogP contribution in [0.3, 0.4) is 0 Å². The molecule has 0 unspecified atom stereocenters. The Bertz CT molecular complexity index is 990. The molecule has 1 fully saturated rings. The van der Waals surface area contributed by atoms with Gasteiger partial charge in [0, 0.05) is 25.6 Å². The fraction of sp³-hybridized carbons (Fsp3) is 0.556. The maximum Gasteiger partial charge on any atom is 0.573 e. The Kier molecular flexibility index (Phi) is 5.28. The molecule has 1 saturated heterocycles. The van der Waals surface area contributed by atoms with E-state index in [2.05, 4.69) is 14.9 Å². The third-order valence-electron chi connectivity index (χ3n) is 5.29. The molecule has 29 heavy (non-hydrogen) atoms. The molecule has 0 N–H and O–H groups in total. The Morgan fingerprint density at radius 2 is 1.86 bits per heavy atom. The number of aromatic nitrogens is 3. The van der Waals surface area contributed by atoms with Crippen molar-refractivity contribution in [3.8, 4) is 5.75 Å². The molecule has 2 aliphatic rings. The second-order valence-corrected chi connectivity index (χ2v) is 9.12. The number of nitrogens with zero attached hydrogens (tertiary/aromatic N) is 4. The molecule has 1 atom stereocenters. The molecule has 4 rings (SSSR count). The van der Waals surface area contributed by atoms with Crippen molar-refractivity contribution in [3.05, 3.63) is 35.9 Å². The predicted octanol–water partition coefficient (Wildman–Crippen LogP) is 3.43. The molecule has 0 spiro atoms. The lowest BCUT2D eigenvalue weighted by molar-refractivity contribution is -0.274. The molecule has 0 aliphatic carbocycles. The number of alkyl halides is 3. The summed E-state index contributed by atoms with van der Waals surface area (Å²) in [7, 11) is -4.04. The highest BCUT2D eigenvalue weighted by Gasteiger charge is 2.38. The Morgan fingerprint density at radius 1 is 1.07 bits per heavy atom. The minimum absolute atomic E-state index is 0.232. The number of aryl methyl sites for hydroxylation is 1. The van der Waals surface area contributed by atoms with Crippen LogP contribution in [0.25, 0.3) is 0 Å². The Labute approximate surface area is 166 Å². The lowest BCUT2D eigenvalue weighted by atomic mass is 10.0. The summed E-state index contributed by atoms with van der Waals surface area (Å²) in [6.07, 6.45) is 0.0345. The van der Waals surface area contributed by atoms with E-state index in [0.717, 1.165) is 50.2 Å². The van der Waals surface area contributed by atoms with Crippen molar-refractivity contribution in [1.29, 1.82) is 0 Å². The van der Waals surface area contributed by atoms with Crippen LogP contribution >= 0.6 is 0 Å². The standard InChI is InChI=1S/C18H21F3N4O3S/c19-18(20,21)28-13-6-5-7-14(12-13)29(26,27)25-11-4-1-8-15(25)17-23-22-16-9-2-3-10-24(16)17/h5-7,12,15H,1-4,8-11H2/t15-/m0/s1. The van der Waals surface area contributed by atoms with Crippen LogP contribution < -0.4 is 4.74 Å². The Balaban J connectivity index is 1.68. The number of benzene rings is 1. The van der Waals surface area contributed by atoms with E-state index in [9.17, 15) is 21.6 Å². The zero-order chi connectivity index (χ0) is 20.6. The summed E-state index contributed by atoms with van der Waals surface area (Å²) in [5.74, 6) is 0.910. The molecule has 0 amide bonds. The number of ether oxygens (including phenoxy) is 1. The predicted molar refractivity (Wildman–Crippen MR) is 96.6 cm³/mol. The first-order valence-corrected chi connectivity index (χ1v) is 11.0. The van der Waals surface area contributed by atoms with Gasteiger partial charge in [0.1, 0.15) is 11.6 Å². The van der Waals surface area contributed by atoms with E-state index in [1.54, 1.807) is 0 Å². The monoisotopic (exact) mass is 430 g/mol. The van der Waals surface area contributed by atoms with E-state index >= 15 is 0 Å². The third kappa shape index (κ3) is 4.11. The summed E-state index contributed by atoms with van der Waals surface area (Å²) in [5, 5.41) is 8.50. The van der Waals surface area contributed by atoms with E-state index in [1.165, 1.54) is 16.4 Å². The van der Waals surface area contributed by atoms with Gasteiger partial charge in [-0.05, 0) is 37.8 Å². The van der Waals surface area contributed by atoms with Gasteiger partial charge in [-0.3, -0.25) is 0 Å². The first-order valence-electron chi connectivity index (χ1n) is 9.55. The van der Waals surface area contributed by atoms with Gasteiger partial charge in [0.2, 0.25) is 10.0 Å². The van der Waals surface area contributed by atoms with Crippen LogP contribution in [-0.2, 0) is 23.0 Å². The SMILES string of the molecule is O=S(=O)(c1cccc(OC(F)(F)F)c1)N1CCCC[C@H]1c1nnc2n1CCCC2. The van der Waals surface area contributed by atoms with Gasteiger partial charge < -0.3 is 9.30 Å². The van der Waals surface area contributed by atoms with Crippen LogP contribution in [0.1, 0.15) is 49.8 Å². The summed E-state index contributed by atoms with van der Waals surface area (Å²) in [6.45, 7) is 1.02. The molecule has 2 aliphatic heterocycles. The maximum atomic E-state index is 13.3. The van der Waals surface area contributed by atoms with Gasteiger partial charge in [0.05, 0.1) is 10.9 Å². The van der Waals surface area contributed by atoms with Gasteiger partial charge in [-0.1, -0.05) is 12.5 Å². The lowest BCUT2D eigenvalue weighted by Crippen LogP contribution is -2.40. The first-order chi connectivity index (χ1) is 13.8. The van der Waals surface area contributed by atoms with Crippen LogP contribution in [-0.4, -0.2) is 40.4 Å². The van der Waals surface area contributed by atoms with Gasteiger partial charge in [-0.2, -0.15) is 4.31 Å². The smallest absolute Gasteiger partial charge is 0.406 e. The van der Waals surface area contributed by atoms with Crippen molar-refractivity contribution >= 4 is 10.0 Å². The number of piperidine rings is 1. The number of rotatable bonds is 4. The first kappa shape index (κ1) is 20.1. The number of fused-ring (bicyclic) bond motifs is 1. The van der Waals surface area contributed by atoms with Gasteiger partial charge in [0.25, 0.3) is 0 Å². The van der Waals surface area contributed by atoms with Crippen LogP contribution in [0.5, 0.6) is 5.75 Å². The van der Waals surface area contributed by atoms with Crippen LogP contribution in [0.4, 0.5) is 13.2 Å². The van der Waals surface area contributed by atoms with Crippen molar-refractivity contribution in [2.75, 3.05) is 6.54 Å². The zero-order valence-electron chi connectivity index (χ0n) is 15.6. The summed E-state index contributed by atoms with van der Waals surface area (Å²) >= 11 is 0. The highest BCUT2D eigenvalue weighted by Crippen LogP contribution is 2.36. The van der Waals surface area contributed by atoms with Crippen LogP contribution in [0.2, 0.25) is 0 Å². The van der Waals surface area contributed by atoms with Crippen molar-refractivity contribution in [3.63, 3.8) is 0 Å². The number of halogens is 3. The average molecular weight is 430 g/mol. The highest BCUT2D eigenvalue weighted by molar-refractivity contribution is 7.89. The fourth-order valence-corrected chi connectivity index (χ4v) is 5.69. The molecule has 2 aromatic rings. The largest absolute Gasteiger partial charge is 0.573 e. The summed E-state index contributed by atoms with van der Waals surface area (Å²) in [6, 6.07) is 4.03. The summed E-state index contributed by atoms with van der Waals surface area (Å²) in [4.78, 5) is -0.232. The normalized spacial score (nSPS) is 21.0. The second kappa shape index (κ2) is 7.60.